The van der Waals surface area contributed by atoms with Crippen molar-refractivity contribution in [2.45, 2.75) is 33.2 Å². The van der Waals surface area contributed by atoms with Gasteiger partial charge in [0.05, 0.1) is 12.1 Å². The minimum Gasteiger partial charge on any atom is -0.456 e. The van der Waals surface area contributed by atoms with Crippen molar-refractivity contribution in [3.8, 4) is 11.5 Å². The maximum Gasteiger partial charge on any atom is 0.255 e. The molecule has 0 atom stereocenters. The third kappa shape index (κ3) is 5.01. The van der Waals surface area contributed by atoms with E-state index in [9.17, 15) is 4.79 Å². The van der Waals surface area contributed by atoms with Gasteiger partial charge in [-0.25, -0.2) is 0 Å². The Bertz CT molecular complexity index is 1920. The number of amides is 1. The van der Waals surface area contributed by atoms with Crippen LogP contribution >= 0.6 is 0 Å². The van der Waals surface area contributed by atoms with Gasteiger partial charge in [-0.1, -0.05) is 48.5 Å². The molecule has 7 heteroatoms. The molecule has 0 radical (unpaired) electrons. The zero-order chi connectivity index (χ0) is 32.5. The van der Waals surface area contributed by atoms with Gasteiger partial charge in [0.15, 0.2) is 0 Å². The van der Waals surface area contributed by atoms with Gasteiger partial charge in [-0.05, 0) is 63.6 Å². The second kappa shape index (κ2) is 12.6. The Kier molecular flexibility index (Phi) is 8.14. The smallest absolute Gasteiger partial charge is 0.255 e. The number of benzene rings is 4. The Hall–Kier alpha value is -5.17. The zero-order valence-electron chi connectivity index (χ0n) is 27.6. The molecular formula is C40H41N5O2. The van der Waals surface area contributed by atoms with E-state index in [0.29, 0.717) is 13.1 Å². The van der Waals surface area contributed by atoms with E-state index in [-0.39, 0.29) is 5.91 Å². The van der Waals surface area contributed by atoms with E-state index in [0.717, 1.165) is 87.8 Å². The molecule has 238 valence electrons. The van der Waals surface area contributed by atoms with Crippen LogP contribution in [0.3, 0.4) is 0 Å². The summed E-state index contributed by atoms with van der Waals surface area (Å²) in [6.07, 6.45) is 3.70. The summed E-state index contributed by atoms with van der Waals surface area (Å²) in [5.41, 5.74) is 6.87. The maximum atomic E-state index is 14.4. The number of hydrogen-bond donors (Lipinski definition) is 0. The van der Waals surface area contributed by atoms with Crippen LogP contribution in [0.5, 0.6) is 11.5 Å². The van der Waals surface area contributed by atoms with Crippen LogP contribution in [0.4, 0.5) is 11.4 Å². The fraction of sp³-hybridized carbons (Fsp3) is 0.275. The minimum absolute atomic E-state index is 0.00242. The number of carbonyl (C=O) groups is 1. The summed E-state index contributed by atoms with van der Waals surface area (Å²) < 4.78 is 6.81. The predicted molar refractivity (Wildman–Crippen MR) is 192 cm³/mol. The summed E-state index contributed by atoms with van der Waals surface area (Å²) in [6, 6.07) is 31.2. The van der Waals surface area contributed by atoms with E-state index in [4.69, 9.17) is 9.73 Å². The van der Waals surface area contributed by atoms with Crippen LogP contribution in [0, 0.1) is 0 Å². The highest BCUT2D eigenvalue weighted by atomic mass is 16.5. The predicted octanol–water partition coefficient (Wildman–Crippen LogP) is 7.90. The molecule has 0 N–H and O–H groups in total. The molecule has 1 aromatic heterocycles. The molecule has 2 aliphatic heterocycles. The van der Waals surface area contributed by atoms with Gasteiger partial charge in [0.1, 0.15) is 17.0 Å². The number of aliphatic imine (C=N–C) groups is 1. The molecule has 5 aromatic rings. The molecule has 0 saturated heterocycles. The van der Waals surface area contributed by atoms with Crippen molar-refractivity contribution >= 4 is 34.4 Å². The van der Waals surface area contributed by atoms with Crippen LogP contribution in [0.15, 0.2) is 102 Å². The van der Waals surface area contributed by atoms with Crippen molar-refractivity contribution in [3.05, 3.63) is 125 Å². The highest BCUT2D eigenvalue weighted by molar-refractivity contribution is 6.02. The first kappa shape index (κ1) is 30.5. The Labute approximate surface area is 277 Å². The second-order valence-corrected chi connectivity index (χ2v) is 12.0. The van der Waals surface area contributed by atoms with E-state index in [2.05, 4.69) is 97.1 Å². The Balaban J connectivity index is 1.35. The van der Waals surface area contributed by atoms with E-state index < -0.39 is 5.54 Å². The van der Waals surface area contributed by atoms with E-state index in [1.807, 2.05) is 53.7 Å². The largest absolute Gasteiger partial charge is 0.456 e. The van der Waals surface area contributed by atoms with Gasteiger partial charge in [-0.15, -0.1) is 0 Å². The number of carbonyl (C=O) groups excluding carboxylic acids is 1. The summed E-state index contributed by atoms with van der Waals surface area (Å²) in [5.74, 6) is 1.56. The minimum atomic E-state index is -0.861. The molecule has 0 unspecified atom stereocenters. The average Bonchev–Trinajstić information content (AvgIpc) is 3.35. The summed E-state index contributed by atoms with van der Waals surface area (Å²) in [6.45, 7) is 13.1. The van der Waals surface area contributed by atoms with Gasteiger partial charge in [0, 0.05) is 96.3 Å². The van der Waals surface area contributed by atoms with Crippen LogP contribution in [0.25, 0.3) is 10.9 Å². The lowest BCUT2D eigenvalue weighted by molar-refractivity contribution is 0.0673. The first-order chi connectivity index (χ1) is 23.0. The lowest BCUT2D eigenvalue weighted by Gasteiger charge is -2.44. The van der Waals surface area contributed by atoms with Crippen LogP contribution < -0.4 is 14.5 Å². The fourth-order valence-corrected chi connectivity index (χ4v) is 7.39. The number of hydrogen-bond acceptors (Lipinski definition) is 6. The van der Waals surface area contributed by atoms with Crippen LogP contribution in [0.1, 0.15) is 60.3 Å². The van der Waals surface area contributed by atoms with Crippen LogP contribution in [-0.2, 0) is 5.54 Å². The molecule has 3 heterocycles. The lowest BCUT2D eigenvalue weighted by atomic mass is 9.74. The van der Waals surface area contributed by atoms with Gasteiger partial charge in [0.2, 0.25) is 0 Å². The molecule has 47 heavy (non-hydrogen) atoms. The van der Waals surface area contributed by atoms with Crippen molar-refractivity contribution in [2.75, 3.05) is 49.1 Å². The number of fused-ring (bicyclic) bond motifs is 7. The van der Waals surface area contributed by atoms with Crippen molar-refractivity contribution in [1.29, 1.82) is 0 Å². The fourth-order valence-electron chi connectivity index (χ4n) is 7.39. The SMILES string of the molecule is CCN(CC)c1ccc2c(c1)Oc1cc(N(CC)CC)ccc1C21c2ccccc2C(=O)N1CCN=Cc1cnc2ccccc2c1. The highest BCUT2D eigenvalue weighted by Gasteiger charge is 2.56. The monoisotopic (exact) mass is 623 g/mol. The van der Waals surface area contributed by atoms with Gasteiger partial charge in [-0.2, -0.15) is 0 Å². The molecule has 1 amide bonds. The molecule has 7 rings (SSSR count). The number of para-hydroxylation sites is 1. The highest BCUT2D eigenvalue weighted by Crippen LogP contribution is 2.58. The molecule has 2 aliphatic rings. The molecule has 0 saturated carbocycles. The topological polar surface area (TPSA) is 61.3 Å². The number of anilines is 2. The number of aromatic nitrogens is 1. The lowest BCUT2D eigenvalue weighted by Crippen LogP contribution is -2.48. The summed E-state index contributed by atoms with van der Waals surface area (Å²) in [5, 5.41) is 1.07. The first-order valence-corrected chi connectivity index (χ1v) is 16.8. The van der Waals surface area contributed by atoms with Crippen molar-refractivity contribution < 1.29 is 9.53 Å². The van der Waals surface area contributed by atoms with Crippen molar-refractivity contribution in [3.63, 3.8) is 0 Å². The number of rotatable bonds is 10. The quantitative estimate of drug-likeness (QED) is 0.148. The van der Waals surface area contributed by atoms with E-state index >= 15 is 0 Å². The number of ether oxygens (including phenoxy) is 1. The summed E-state index contributed by atoms with van der Waals surface area (Å²) >= 11 is 0. The maximum absolute atomic E-state index is 14.4. The van der Waals surface area contributed by atoms with Crippen LogP contribution in [-0.4, -0.2) is 61.3 Å². The van der Waals surface area contributed by atoms with Crippen molar-refractivity contribution in [1.82, 2.24) is 9.88 Å². The third-order valence-corrected chi connectivity index (χ3v) is 9.69. The molecule has 0 fully saturated rings. The summed E-state index contributed by atoms with van der Waals surface area (Å²) in [4.78, 5) is 30.5. The normalized spacial score (nSPS) is 14.3. The molecule has 0 aliphatic carbocycles. The molecule has 1 spiro atoms. The Morgan fingerprint density at radius 2 is 1.38 bits per heavy atom. The van der Waals surface area contributed by atoms with Crippen molar-refractivity contribution in [2.24, 2.45) is 4.99 Å². The molecular weight excluding hydrogens is 582 g/mol. The number of nitrogens with zero attached hydrogens (tertiary/aromatic N) is 5. The average molecular weight is 624 g/mol. The Morgan fingerprint density at radius 1 is 0.766 bits per heavy atom. The standard InChI is InChI=1S/C40H41N5O2/c1-5-43(6-2)30-17-19-34-37(24-30)47-38-25-31(44(7-3)8-4)18-20-35(38)40(34)33-15-11-10-14-32(33)39(46)45(40)22-21-41-26-28-23-29-13-9-12-16-36(29)42-27-28/h9-20,23-27H,5-8,21-22H2,1-4H3. The van der Waals surface area contributed by atoms with E-state index in [1.54, 1.807) is 0 Å². The molecule has 0 bridgehead atoms. The molecule has 7 nitrogen and oxygen atoms in total. The molecule has 4 aromatic carbocycles. The Morgan fingerprint density at radius 3 is 2.04 bits per heavy atom. The first-order valence-electron chi connectivity index (χ1n) is 16.8. The third-order valence-electron chi connectivity index (χ3n) is 9.69. The van der Waals surface area contributed by atoms with E-state index in [1.165, 1.54) is 0 Å². The van der Waals surface area contributed by atoms with Gasteiger partial charge in [-0.3, -0.25) is 14.8 Å². The van der Waals surface area contributed by atoms with Crippen LogP contribution in [0.2, 0.25) is 0 Å². The van der Waals surface area contributed by atoms with Gasteiger partial charge < -0.3 is 19.4 Å². The zero-order valence-corrected chi connectivity index (χ0v) is 27.6. The van der Waals surface area contributed by atoms with Gasteiger partial charge >= 0.3 is 0 Å². The van der Waals surface area contributed by atoms with Gasteiger partial charge in [0.25, 0.3) is 5.91 Å². The second-order valence-electron chi connectivity index (χ2n) is 12.0. The summed E-state index contributed by atoms with van der Waals surface area (Å²) in [7, 11) is 0. The number of pyridine rings is 1.